The smallest absolute Gasteiger partial charge is 0.234 e. The molecule has 0 spiro atoms. The highest BCUT2D eigenvalue weighted by Gasteiger charge is 2.26. The second-order valence-electron chi connectivity index (χ2n) is 3.77. The number of rotatable bonds is 4. The van der Waals surface area contributed by atoms with Gasteiger partial charge in [0, 0.05) is 13.2 Å². The number of aliphatic hydroxyl groups is 1. The summed E-state index contributed by atoms with van der Waals surface area (Å²) in [4.78, 5) is 11.0. The molecule has 1 rings (SSSR count). The number of carbonyl (C=O) groups is 1. The van der Waals surface area contributed by atoms with Gasteiger partial charge in [-0.1, -0.05) is 6.42 Å². The zero-order chi connectivity index (χ0) is 10.4. The van der Waals surface area contributed by atoms with E-state index in [-0.39, 0.29) is 18.9 Å². The third-order valence-corrected chi connectivity index (χ3v) is 2.85. The van der Waals surface area contributed by atoms with Crippen molar-refractivity contribution in [3.63, 3.8) is 0 Å². The quantitative estimate of drug-likeness (QED) is 0.684. The summed E-state index contributed by atoms with van der Waals surface area (Å²) in [6.45, 7) is 0.810. The predicted octanol–water partition coefficient (Wildman–Crippen LogP) is 0.425. The normalized spacial score (nSPS) is 25.7. The Morgan fingerprint density at radius 1 is 1.50 bits per heavy atom. The zero-order valence-corrected chi connectivity index (χ0v) is 8.20. The van der Waals surface area contributed by atoms with Gasteiger partial charge in [0.25, 0.3) is 0 Å². The fraction of sp³-hybridized carbons (Fsp3) is 0.800. The first-order chi connectivity index (χ1) is 6.77. The van der Waals surface area contributed by atoms with Crippen molar-refractivity contribution < 1.29 is 9.90 Å². The Balaban J connectivity index is 2.24. The van der Waals surface area contributed by atoms with Crippen LogP contribution in [-0.4, -0.2) is 24.2 Å². The minimum absolute atomic E-state index is 0.0729. The van der Waals surface area contributed by atoms with Crippen molar-refractivity contribution in [3.8, 4) is 6.07 Å². The molecule has 1 fully saturated rings. The van der Waals surface area contributed by atoms with Crippen LogP contribution in [0.4, 0.5) is 0 Å². The fourth-order valence-electron chi connectivity index (χ4n) is 2.00. The van der Waals surface area contributed by atoms with Gasteiger partial charge in [-0.15, -0.1) is 0 Å². The molecule has 4 nitrogen and oxygen atoms in total. The Bertz CT molecular complexity index is 235. The molecule has 1 amide bonds. The summed E-state index contributed by atoms with van der Waals surface area (Å²) in [6.07, 6.45) is 3.17. The molecule has 0 bridgehead atoms. The second-order valence-corrected chi connectivity index (χ2v) is 3.77. The third kappa shape index (κ3) is 3.00. The Kier molecular flexibility index (Phi) is 4.41. The number of hydrogen-bond acceptors (Lipinski definition) is 3. The van der Waals surface area contributed by atoms with E-state index in [1.54, 1.807) is 6.07 Å². The van der Waals surface area contributed by atoms with Crippen LogP contribution in [0.3, 0.4) is 0 Å². The number of amides is 1. The topological polar surface area (TPSA) is 73.1 Å². The molecule has 14 heavy (non-hydrogen) atoms. The summed E-state index contributed by atoms with van der Waals surface area (Å²) in [7, 11) is 0. The van der Waals surface area contributed by atoms with Gasteiger partial charge >= 0.3 is 0 Å². The Morgan fingerprint density at radius 3 is 2.86 bits per heavy atom. The van der Waals surface area contributed by atoms with E-state index in [4.69, 9.17) is 10.4 Å². The van der Waals surface area contributed by atoms with Crippen LogP contribution in [0, 0.1) is 23.2 Å². The number of nitrogens with one attached hydrogen (secondary N) is 1. The number of hydrogen-bond donors (Lipinski definition) is 2. The predicted molar refractivity (Wildman–Crippen MR) is 51.2 cm³/mol. The summed E-state index contributed by atoms with van der Waals surface area (Å²) in [5.41, 5.74) is 0. The van der Waals surface area contributed by atoms with Crippen LogP contribution in [-0.2, 0) is 4.79 Å². The minimum atomic E-state index is -0.212. The lowest BCUT2D eigenvalue weighted by Crippen LogP contribution is -2.31. The Hall–Kier alpha value is -1.08. The zero-order valence-electron chi connectivity index (χ0n) is 8.20. The highest BCUT2D eigenvalue weighted by Crippen LogP contribution is 2.30. The highest BCUT2D eigenvalue weighted by molar-refractivity contribution is 5.77. The van der Waals surface area contributed by atoms with Gasteiger partial charge in [-0.05, 0) is 24.7 Å². The maximum Gasteiger partial charge on any atom is 0.234 e. The fourth-order valence-corrected chi connectivity index (χ4v) is 2.00. The molecule has 4 heteroatoms. The summed E-state index contributed by atoms with van der Waals surface area (Å²) in [5.74, 6) is 0.510. The van der Waals surface area contributed by atoms with E-state index >= 15 is 0 Å². The molecule has 2 atom stereocenters. The van der Waals surface area contributed by atoms with Gasteiger partial charge in [0.15, 0.2) is 0 Å². The lowest BCUT2D eigenvalue weighted by atomic mass is 9.97. The molecule has 0 aromatic carbocycles. The SMILES string of the molecule is N#CCC(=O)NCC1CCCC1CO. The number of nitrogens with zero attached hydrogens (tertiary/aromatic N) is 1. The largest absolute Gasteiger partial charge is 0.396 e. The van der Waals surface area contributed by atoms with Gasteiger partial charge in [-0.3, -0.25) is 4.79 Å². The van der Waals surface area contributed by atoms with Gasteiger partial charge in [0.05, 0.1) is 6.07 Å². The van der Waals surface area contributed by atoms with Crippen LogP contribution >= 0.6 is 0 Å². The van der Waals surface area contributed by atoms with Crippen molar-refractivity contribution in [2.45, 2.75) is 25.7 Å². The van der Waals surface area contributed by atoms with E-state index in [1.165, 1.54) is 0 Å². The van der Waals surface area contributed by atoms with E-state index in [0.717, 1.165) is 19.3 Å². The summed E-state index contributed by atoms with van der Waals surface area (Å²) in [6, 6.07) is 1.81. The average molecular weight is 196 g/mol. The molecule has 0 radical (unpaired) electrons. The molecule has 0 aromatic rings. The molecule has 1 aliphatic carbocycles. The van der Waals surface area contributed by atoms with E-state index in [1.807, 2.05) is 0 Å². The molecule has 0 aliphatic heterocycles. The third-order valence-electron chi connectivity index (χ3n) is 2.85. The van der Waals surface area contributed by atoms with Crippen molar-refractivity contribution in [2.24, 2.45) is 11.8 Å². The minimum Gasteiger partial charge on any atom is -0.396 e. The van der Waals surface area contributed by atoms with E-state index in [2.05, 4.69) is 5.32 Å². The van der Waals surface area contributed by atoms with Crippen LogP contribution in [0.5, 0.6) is 0 Å². The molecule has 0 saturated heterocycles. The number of carbonyl (C=O) groups excluding carboxylic acids is 1. The lowest BCUT2D eigenvalue weighted by Gasteiger charge is -2.17. The van der Waals surface area contributed by atoms with Gasteiger partial charge in [0.2, 0.25) is 5.91 Å². The van der Waals surface area contributed by atoms with Crippen molar-refractivity contribution >= 4 is 5.91 Å². The second kappa shape index (κ2) is 5.61. The molecule has 0 heterocycles. The van der Waals surface area contributed by atoms with Crippen molar-refractivity contribution in [2.75, 3.05) is 13.2 Å². The van der Waals surface area contributed by atoms with Gasteiger partial charge in [0.1, 0.15) is 6.42 Å². The van der Waals surface area contributed by atoms with Gasteiger partial charge < -0.3 is 10.4 Å². The van der Waals surface area contributed by atoms with Crippen molar-refractivity contribution in [1.82, 2.24) is 5.32 Å². The maximum atomic E-state index is 11.0. The van der Waals surface area contributed by atoms with Crippen molar-refractivity contribution in [1.29, 1.82) is 5.26 Å². The molecule has 2 unspecified atom stereocenters. The molecule has 78 valence electrons. The maximum absolute atomic E-state index is 11.0. The summed E-state index contributed by atoms with van der Waals surface area (Å²) >= 11 is 0. The molecule has 1 saturated carbocycles. The lowest BCUT2D eigenvalue weighted by molar-refractivity contribution is -0.120. The molecular formula is C10H16N2O2. The Labute approximate surface area is 83.9 Å². The van der Waals surface area contributed by atoms with Gasteiger partial charge in [-0.25, -0.2) is 0 Å². The van der Waals surface area contributed by atoms with Gasteiger partial charge in [-0.2, -0.15) is 5.26 Å². The van der Waals surface area contributed by atoms with Crippen LogP contribution in [0.25, 0.3) is 0 Å². The van der Waals surface area contributed by atoms with Crippen LogP contribution in [0.2, 0.25) is 0 Å². The van der Waals surface area contributed by atoms with Crippen LogP contribution in [0.1, 0.15) is 25.7 Å². The standard InChI is InChI=1S/C10H16N2O2/c11-5-4-10(14)12-6-8-2-1-3-9(8)7-13/h8-9,13H,1-4,6-7H2,(H,12,14). The molecule has 2 N–H and O–H groups in total. The monoisotopic (exact) mass is 196 g/mol. The molecule has 1 aliphatic rings. The summed E-state index contributed by atoms with van der Waals surface area (Å²) in [5, 5.41) is 20.0. The van der Waals surface area contributed by atoms with E-state index < -0.39 is 0 Å². The van der Waals surface area contributed by atoms with Crippen LogP contribution < -0.4 is 5.32 Å². The van der Waals surface area contributed by atoms with E-state index in [9.17, 15) is 4.79 Å². The van der Waals surface area contributed by atoms with Crippen LogP contribution in [0.15, 0.2) is 0 Å². The van der Waals surface area contributed by atoms with Crippen molar-refractivity contribution in [3.05, 3.63) is 0 Å². The Morgan fingerprint density at radius 2 is 2.21 bits per heavy atom. The number of nitriles is 1. The van der Waals surface area contributed by atoms with E-state index in [0.29, 0.717) is 18.4 Å². The number of aliphatic hydroxyl groups excluding tert-OH is 1. The first kappa shape index (κ1) is 11.0. The average Bonchev–Trinajstić information content (AvgIpc) is 2.62. The first-order valence-corrected chi connectivity index (χ1v) is 5.02. The highest BCUT2D eigenvalue weighted by atomic mass is 16.3. The molecule has 0 aromatic heterocycles. The summed E-state index contributed by atoms with van der Waals surface area (Å²) < 4.78 is 0. The molecular weight excluding hydrogens is 180 g/mol. The first-order valence-electron chi connectivity index (χ1n) is 5.02.